The lowest BCUT2D eigenvalue weighted by atomic mass is 10.2. The molecule has 1 aliphatic rings. The van der Waals surface area contributed by atoms with Crippen molar-refractivity contribution < 1.29 is 4.58 Å². The van der Waals surface area contributed by atoms with Crippen LogP contribution in [0.1, 0.15) is 12.6 Å². The molecule has 0 atom stereocenters. The maximum Gasteiger partial charge on any atom is 0.436 e. The number of rotatable bonds is 1. The van der Waals surface area contributed by atoms with Gasteiger partial charge in [-0.1, -0.05) is 0 Å². The Morgan fingerprint density at radius 2 is 2.25 bits per heavy atom. The van der Waals surface area contributed by atoms with Crippen molar-refractivity contribution in [3.8, 4) is 0 Å². The van der Waals surface area contributed by atoms with E-state index >= 15 is 0 Å². The van der Waals surface area contributed by atoms with Gasteiger partial charge in [-0.25, -0.2) is 4.58 Å². The molecule has 0 radical (unpaired) electrons. The topological polar surface area (TPSA) is 69.5 Å². The fraction of sp³-hybridized carbons (Fsp3) is 0.400. The summed E-state index contributed by atoms with van der Waals surface area (Å²) >= 11 is 0. The number of nitrogens with zero attached hydrogens (tertiary/aromatic N) is 4. The summed E-state index contributed by atoms with van der Waals surface area (Å²) in [6, 6.07) is 0. The van der Waals surface area contributed by atoms with Gasteiger partial charge in [0.1, 0.15) is 5.39 Å². The van der Waals surface area contributed by atoms with Crippen LogP contribution in [0.5, 0.6) is 0 Å². The number of hydrogen-bond acceptors (Lipinski definition) is 4. The highest BCUT2D eigenvalue weighted by Gasteiger charge is 2.24. The van der Waals surface area contributed by atoms with Crippen molar-refractivity contribution in [2.24, 2.45) is 0 Å². The molecule has 3 heterocycles. The summed E-state index contributed by atoms with van der Waals surface area (Å²) in [6.45, 7) is 2.84. The van der Waals surface area contributed by atoms with E-state index in [2.05, 4.69) is 25.5 Å². The highest BCUT2D eigenvalue weighted by molar-refractivity contribution is 5.90. The van der Waals surface area contributed by atoms with E-state index in [9.17, 15) is 0 Å². The minimum atomic E-state index is 0.664. The Hall–Kier alpha value is -1.98. The fourth-order valence-electron chi connectivity index (χ4n) is 1.86. The quantitative estimate of drug-likeness (QED) is 0.544. The molecule has 2 aromatic heterocycles. The van der Waals surface area contributed by atoms with E-state index in [1.54, 1.807) is 0 Å². The maximum atomic E-state index is 4.49. The second kappa shape index (κ2) is 3.26. The molecule has 0 bridgehead atoms. The van der Waals surface area contributed by atoms with E-state index < -0.39 is 0 Å². The molecule has 0 saturated carbocycles. The zero-order valence-corrected chi connectivity index (χ0v) is 9.28. The highest BCUT2D eigenvalue weighted by Crippen LogP contribution is 2.27. The van der Waals surface area contributed by atoms with Crippen LogP contribution in [0.3, 0.4) is 0 Å². The first-order chi connectivity index (χ1) is 7.79. The number of aromatic amines is 1. The molecule has 1 aliphatic heterocycles. The van der Waals surface area contributed by atoms with Gasteiger partial charge >= 0.3 is 5.95 Å². The van der Waals surface area contributed by atoms with Gasteiger partial charge < -0.3 is 5.32 Å². The predicted molar refractivity (Wildman–Crippen MR) is 61.5 cm³/mol. The molecule has 0 aliphatic carbocycles. The Balaban J connectivity index is 2.30. The van der Waals surface area contributed by atoms with E-state index in [0.29, 0.717) is 5.95 Å². The molecule has 2 aromatic rings. The molecule has 0 fully saturated rings. The molecule has 6 heteroatoms. The Kier molecular flexibility index (Phi) is 1.89. The van der Waals surface area contributed by atoms with Crippen LogP contribution in [0.4, 0.5) is 11.8 Å². The number of aromatic nitrogens is 4. The molecule has 0 saturated heterocycles. The van der Waals surface area contributed by atoms with Crippen molar-refractivity contribution in [1.82, 2.24) is 20.2 Å². The van der Waals surface area contributed by atoms with Gasteiger partial charge in [0, 0.05) is 19.2 Å². The van der Waals surface area contributed by atoms with E-state index in [0.717, 1.165) is 35.5 Å². The van der Waals surface area contributed by atoms with Crippen LogP contribution in [0, 0.1) is 0 Å². The molecular weight excluding hydrogens is 204 g/mol. The third-order valence-corrected chi connectivity index (χ3v) is 2.85. The Morgan fingerprint density at radius 3 is 3.06 bits per heavy atom. The van der Waals surface area contributed by atoms with Gasteiger partial charge in [-0.3, -0.25) is 5.10 Å². The molecule has 0 spiro atoms. The Labute approximate surface area is 92.4 Å². The number of nitrogens with one attached hydrogen (secondary N) is 2. The molecule has 0 aromatic carbocycles. The van der Waals surface area contributed by atoms with E-state index in [-0.39, 0.29) is 0 Å². The van der Waals surface area contributed by atoms with Crippen LogP contribution in [0.15, 0.2) is 0 Å². The van der Waals surface area contributed by atoms with Crippen molar-refractivity contribution >= 4 is 29.0 Å². The van der Waals surface area contributed by atoms with Gasteiger partial charge in [0.05, 0.1) is 12.7 Å². The third-order valence-electron chi connectivity index (χ3n) is 2.85. The molecule has 16 heavy (non-hydrogen) atoms. The second-order valence-electron chi connectivity index (χ2n) is 3.82. The van der Waals surface area contributed by atoms with Crippen molar-refractivity contribution in [2.75, 3.05) is 18.9 Å². The standard InChI is InChI=1S/C10H13N6/c1-3-16(2)10-12-8-7-6(4-5-11-8)14-15-9(7)13-10/h3H,4-5H2,1-2H3,(H2,11,12,13,14,15)/q+1. The van der Waals surface area contributed by atoms with Crippen molar-refractivity contribution in [3.05, 3.63) is 5.69 Å². The van der Waals surface area contributed by atoms with Gasteiger partial charge in [0.2, 0.25) is 5.82 Å². The minimum absolute atomic E-state index is 0.664. The molecular formula is C10H13N6+. The van der Waals surface area contributed by atoms with E-state index in [1.807, 2.05) is 24.8 Å². The normalized spacial score (nSPS) is 15.2. The molecule has 0 unspecified atom stereocenters. The molecule has 82 valence electrons. The summed E-state index contributed by atoms with van der Waals surface area (Å²) in [7, 11) is 1.92. The van der Waals surface area contributed by atoms with Crippen LogP contribution in [-0.2, 0) is 6.42 Å². The first-order valence-electron chi connectivity index (χ1n) is 5.31. The van der Waals surface area contributed by atoms with Crippen LogP contribution < -0.4 is 5.32 Å². The van der Waals surface area contributed by atoms with E-state index in [4.69, 9.17) is 0 Å². The molecule has 2 N–H and O–H groups in total. The van der Waals surface area contributed by atoms with Gasteiger partial charge in [-0.2, -0.15) is 0 Å². The summed E-state index contributed by atoms with van der Waals surface area (Å²) in [4.78, 5) is 8.90. The fourth-order valence-corrected chi connectivity index (χ4v) is 1.86. The van der Waals surface area contributed by atoms with Crippen molar-refractivity contribution in [1.29, 1.82) is 0 Å². The average Bonchev–Trinajstić information content (AvgIpc) is 2.73. The maximum absolute atomic E-state index is 4.49. The first-order valence-corrected chi connectivity index (χ1v) is 5.31. The summed E-state index contributed by atoms with van der Waals surface area (Å²) in [5.41, 5.74) is 1.86. The summed E-state index contributed by atoms with van der Waals surface area (Å²) in [5, 5.41) is 11.5. The molecule has 6 nitrogen and oxygen atoms in total. The van der Waals surface area contributed by atoms with Crippen molar-refractivity contribution in [2.45, 2.75) is 13.3 Å². The first kappa shape index (κ1) is 9.26. The van der Waals surface area contributed by atoms with Crippen LogP contribution in [0.25, 0.3) is 11.0 Å². The average molecular weight is 217 g/mol. The highest BCUT2D eigenvalue weighted by atomic mass is 15.2. The predicted octanol–water partition coefficient (Wildman–Crippen LogP) is 0.685. The SMILES string of the molecule is CC=[N+](C)c1nc2c3c([nH]nc3n1)CCN2. The van der Waals surface area contributed by atoms with Crippen LogP contribution in [-0.4, -0.2) is 44.5 Å². The second-order valence-corrected chi connectivity index (χ2v) is 3.82. The number of H-pyrrole nitrogens is 1. The Morgan fingerprint density at radius 1 is 1.38 bits per heavy atom. The minimum Gasteiger partial charge on any atom is -0.355 e. The van der Waals surface area contributed by atoms with Crippen LogP contribution in [0.2, 0.25) is 0 Å². The lowest BCUT2D eigenvalue weighted by Gasteiger charge is -2.09. The van der Waals surface area contributed by atoms with Gasteiger partial charge in [0.25, 0.3) is 5.65 Å². The Bertz CT molecular complexity index is 582. The van der Waals surface area contributed by atoms with Crippen molar-refractivity contribution in [3.63, 3.8) is 0 Å². The van der Waals surface area contributed by atoms with Gasteiger partial charge in [-0.15, -0.1) is 5.10 Å². The third kappa shape index (κ3) is 1.19. The zero-order valence-electron chi connectivity index (χ0n) is 9.28. The summed E-state index contributed by atoms with van der Waals surface area (Å²) in [5.74, 6) is 1.54. The lowest BCUT2D eigenvalue weighted by molar-refractivity contribution is -0.408. The van der Waals surface area contributed by atoms with Gasteiger partial charge in [0.15, 0.2) is 0 Å². The largest absolute Gasteiger partial charge is 0.436 e. The smallest absolute Gasteiger partial charge is 0.355 e. The molecule has 0 amide bonds. The number of hydrogen-bond donors (Lipinski definition) is 2. The summed E-state index contributed by atoms with van der Waals surface area (Å²) < 4.78 is 1.88. The monoisotopic (exact) mass is 217 g/mol. The zero-order chi connectivity index (χ0) is 11.1. The summed E-state index contributed by atoms with van der Waals surface area (Å²) in [6.07, 6.45) is 2.87. The number of anilines is 1. The van der Waals surface area contributed by atoms with E-state index in [1.165, 1.54) is 0 Å². The van der Waals surface area contributed by atoms with Gasteiger partial charge in [-0.05, 0) is 16.9 Å². The molecule has 3 rings (SSSR count). The lowest BCUT2D eigenvalue weighted by Crippen LogP contribution is -2.14. The van der Waals surface area contributed by atoms with Crippen LogP contribution >= 0.6 is 0 Å².